The Balaban J connectivity index is 0.00000112. The summed E-state index contributed by atoms with van der Waals surface area (Å²) in [5.74, 6) is 0.734. The topological polar surface area (TPSA) is 101 Å². The van der Waals surface area contributed by atoms with Gasteiger partial charge in [0.05, 0.1) is 16.6 Å². The van der Waals surface area contributed by atoms with Gasteiger partial charge in [0.25, 0.3) is 12.0 Å². The predicted octanol–water partition coefficient (Wildman–Crippen LogP) is 6.78. The summed E-state index contributed by atoms with van der Waals surface area (Å²) in [5, 5.41) is 11.9. The molecule has 0 spiro atoms. The molecule has 0 bridgehead atoms. The van der Waals surface area contributed by atoms with E-state index in [-0.39, 0.29) is 17.9 Å². The van der Waals surface area contributed by atoms with Crippen molar-refractivity contribution in [3.63, 3.8) is 0 Å². The number of carboxylic acid groups (broad SMARTS) is 1. The van der Waals surface area contributed by atoms with E-state index >= 15 is 0 Å². The average Bonchev–Trinajstić information content (AvgIpc) is 3.36. The Morgan fingerprint density at radius 3 is 2.51 bits per heavy atom. The van der Waals surface area contributed by atoms with Gasteiger partial charge < -0.3 is 10.4 Å². The van der Waals surface area contributed by atoms with E-state index in [1.165, 1.54) is 29.3 Å². The van der Waals surface area contributed by atoms with E-state index < -0.39 is 0 Å². The van der Waals surface area contributed by atoms with Crippen molar-refractivity contribution in [3.05, 3.63) is 92.2 Å². The number of nitrogens with zero attached hydrogens (tertiary/aromatic N) is 2. The van der Waals surface area contributed by atoms with Gasteiger partial charge >= 0.3 is 0 Å². The lowest BCUT2D eigenvalue weighted by atomic mass is 10.1. The molecular weight excluding hydrogens is 557 g/mol. The van der Waals surface area contributed by atoms with Crippen LogP contribution in [0.3, 0.4) is 0 Å². The zero-order chi connectivity index (χ0) is 27.8. The number of hydrogen-bond donors (Lipinski definition) is 2. The number of unbranched alkanes of at least 4 members (excludes halogenated alkanes) is 1. The molecule has 1 aliphatic rings. The summed E-state index contributed by atoms with van der Waals surface area (Å²) in [6.45, 7) is -0.250. The maximum atomic E-state index is 13.4. The van der Waals surface area contributed by atoms with Crippen molar-refractivity contribution in [2.45, 2.75) is 43.7 Å². The zero-order valence-electron chi connectivity index (χ0n) is 21.0. The molecule has 0 unspecified atom stereocenters. The molecule has 202 valence electrons. The third kappa shape index (κ3) is 7.41. The first-order chi connectivity index (χ1) is 18.9. The lowest BCUT2D eigenvalue weighted by Crippen LogP contribution is -2.22. The van der Waals surface area contributed by atoms with Crippen LogP contribution in [-0.2, 0) is 22.4 Å². The third-order valence-corrected chi connectivity index (χ3v) is 7.72. The van der Waals surface area contributed by atoms with Crippen LogP contribution in [0.5, 0.6) is 0 Å². The van der Waals surface area contributed by atoms with Gasteiger partial charge in [-0.1, -0.05) is 53.2 Å². The maximum Gasteiger partial charge on any atom is 0.290 e. The zero-order valence-corrected chi connectivity index (χ0v) is 23.4. The second kappa shape index (κ2) is 13.6. The van der Waals surface area contributed by atoms with Crippen LogP contribution in [0.1, 0.15) is 36.8 Å². The normalized spacial score (nSPS) is 11.9. The van der Waals surface area contributed by atoms with Crippen LogP contribution in [0.15, 0.2) is 70.6 Å². The summed E-state index contributed by atoms with van der Waals surface area (Å²) in [7, 11) is 0. The number of aryl methyl sites for hydroxylation is 2. The van der Waals surface area contributed by atoms with Crippen LogP contribution in [0.25, 0.3) is 16.6 Å². The molecule has 0 radical (unpaired) electrons. The molecule has 0 saturated heterocycles. The molecule has 3 aromatic carbocycles. The van der Waals surface area contributed by atoms with Crippen LogP contribution >= 0.6 is 35.0 Å². The van der Waals surface area contributed by atoms with Crippen LogP contribution in [0.4, 0.5) is 5.69 Å². The van der Waals surface area contributed by atoms with E-state index in [2.05, 4.69) is 17.4 Å². The van der Waals surface area contributed by atoms with Crippen LogP contribution in [0.2, 0.25) is 10.0 Å². The molecule has 2 N–H and O–H groups in total. The van der Waals surface area contributed by atoms with Gasteiger partial charge in [0.15, 0.2) is 5.16 Å². The number of nitrogens with one attached hydrogen (secondary N) is 1. The number of fused-ring (bicyclic) bond motifs is 2. The summed E-state index contributed by atoms with van der Waals surface area (Å²) in [4.78, 5) is 38.9. The Bertz CT molecular complexity index is 1540. The molecule has 0 atom stereocenters. The molecule has 0 saturated carbocycles. The Morgan fingerprint density at radius 1 is 1.03 bits per heavy atom. The number of carbonyl (C=O) groups is 2. The lowest BCUT2D eigenvalue weighted by molar-refractivity contribution is -0.123. The summed E-state index contributed by atoms with van der Waals surface area (Å²) in [6.07, 6.45) is 5.40. The molecular formula is C29H27Cl2N3O4S. The molecule has 1 aliphatic carbocycles. The van der Waals surface area contributed by atoms with Gasteiger partial charge in [-0.15, -0.1) is 0 Å². The first kappa shape index (κ1) is 28.7. The SMILES string of the molecule is O=C(CCCCSc1nc2ccccc2c(=O)n1-c1cc(Cl)cc(Cl)c1)Nc1ccc2c(c1)CCC2.O=CO. The van der Waals surface area contributed by atoms with Crippen molar-refractivity contribution in [1.82, 2.24) is 9.55 Å². The van der Waals surface area contributed by atoms with Crippen LogP contribution in [0, 0.1) is 0 Å². The quantitative estimate of drug-likeness (QED) is 0.102. The first-order valence-corrected chi connectivity index (χ1v) is 14.2. The monoisotopic (exact) mass is 583 g/mol. The van der Waals surface area contributed by atoms with E-state index in [0.717, 1.165) is 31.4 Å². The Morgan fingerprint density at radius 2 is 1.74 bits per heavy atom. The predicted molar refractivity (Wildman–Crippen MR) is 158 cm³/mol. The van der Waals surface area contributed by atoms with Crippen molar-refractivity contribution in [1.29, 1.82) is 0 Å². The van der Waals surface area contributed by atoms with Gasteiger partial charge in [-0.05, 0) is 85.7 Å². The number of amides is 1. The maximum absolute atomic E-state index is 13.4. The van der Waals surface area contributed by atoms with Crippen molar-refractivity contribution in [2.75, 3.05) is 11.1 Å². The van der Waals surface area contributed by atoms with Gasteiger partial charge in [-0.3, -0.25) is 19.0 Å². The number of hydrogen-bond acceptors (Lipinski definition) is 5. The van der Waals surface area contributed by atoms with Gasteiger partial charge in [-0.2, -0.15) is 0 Å². The van der Waals surface area contributed by atoms with Crippen molar-refractivity contribution < 1.29 is 14.7 Å². The summed E-state index contributed by atoms with van der Waals surface area (Å²) < 4.78 is 1.56. The standard InChI is InChI=1S/C28H25Cl2N3O2S.CH2O2/c29-20-15-21(30)17-23(16-20)33-27(35)24-8-1-2-9-25(24)32-28(33)36-13-4-3-10-26(34)31-22-12-11-18-6-5-7-19(18)14-22;2-1-3/h1-2,8-9,11-12,14-17H,3-7,10,13H2,(H,31,34);1H,(H,2,3). The van der Waals surface area contributed by atoms with E-state index in [4.69, 9.17) is 38.1 Å². The van der Waals surface area contributed by atoms with E-state index in [1.54, 1.807) is 28.8 Å². The highest BCUT2D eigenvalue weighted by Gasteiger charge is 2.15. The molecule has 1 heterocycles. The fourth-order valence-corrected chi connectivity index (χ4v) is 6.06. The minimum Gasteiger partial charge on any atom is -0.483 e. The summed E-state index contributed by atoms with van der Waals surface area (Å²) >= 11 is 13.9. The molecule has 1 amide bonds. The molecule has 10 heteroatoms. The van der Waals surface area contributed by atoms with Crippen molar-refractivity contribution in [2.24, 2.45) is 0 Å². The Labute approximate surface area is 240 Å². The highest BCUT2D eigenvalue weighted by atomic mass is 35.5. The minimum atomic E-state index is -0.250. The highest BCUT2D eigenvalue weighted by molar-refractivity contribution is 7.99. The van der Waals surface area contributed by atoms with Gasteiger partial charge in [0.2, 0.25) is 5.91 Å². The molecule has 0 fully saturated rings. The number of anilines is 1. The summed E-state index contributed by atoms with van der Waals surface area (Å²) in [5.41, 5.74) is 4.66. The van der Waals surface area contributed by atoms with Crippen LogP contribution < -0.4 is 10.9 Å². The second-order valence-corrected chi connectivity index (χ2v) is 10.9. The molecule has 39 heavy (non-hydrogen) atoms. The van der Waals surface area contributed by atoms with Gasteiger partial charge in [0.1, 0.15) is 0 Å². The highest BCUT2D eigenvalue weighted by Crippen LogP contribution is 2.27. The molecule has 7 nitrogen and oxygen atoms in total. The summed E-state index contributed by atoms with van der Waals surface area (Å²) in [6, 6.07) is 18.5. The fourth-order valence-electron chi connectivity index (χ4n) is 4.53. The minimum absolute atomic E-state index is 0.0206. The molecule has 1 aromatic heterocycles. The first-order valence-electron chi connectivity index (χ1n) is 12.5. The van der Waals surface area contributed by atoms with Gasteiger partial charge in [0, 0.05) is 27.9 Å². The fraction of sp³-hybridized carbons (Fsp3) is 0.241. The number of para-hydroxylation sites is 1. The Kier molecular flexibility index (Phi) is 10.0. The van der Waals surface area contributed by atoms with Crippen molar-refractivity contribution in [3.8, 4) is 5.69 Å². The van der Waals surface area contributed by atoms with Crippen LogP contribution in [-0.4, -0.2) is 32.8 Å². The van der Waals surface area contributed by atoms with E-state index in [0.29, 0.717) is 44.0 Å². The van der Waals surface area contributed by atoms with E-state index in [9.17, 15) is 9.59 Å². The Hall–Kier alpha value is -3.33. The van der Waals surface area contributed by atoms with Crippen molar-refractivity contribution >= 4 is 63.9 Å². The smallest absolute Gasteiger partial charge is 0.290 e. The number of aromatic nitrogens is 2. The van der Waals surface area contributed by atoms with E-state index in [1.807, 2.05) is 24.3 Å². The lowest BCUT2D eigenvalue weighted by Gasteiger charge is -2.14. The number of carbonyl (C=O) groups excluding carboxylic acids is 1. The molecule has 4 aromatic rings. The molecule has 5 rings (SSSR count). The largest absolute Gasteiger partial charge is 0.483 e. The number of rotatable bonds is 8. The number of thioether (sulfide) groups is 1. The number of halogens is 2. The third-order valence-electron chi connectivity index (χ3n) is 6.26. The molecule has 0 aliphatic heterocycles. The number of benzene rings is 3. The second-order valence-electron chi connectivity index (χ2n) is 8.98. The average molecular weight is 585 g/mol. The van der Waals surface area contributed by atoms with Gasteiger partial charge in [-0.25, -0.2) is 4.98 Å².